The van der Waals surface area contributed by atoms with Gasteiger partial charge in [-0.3, -0.25) is 14.9 Å². The zero-order valence-electron chi connectivity index (χ0n) is 15.6. The molecule has 2 aromatic rings. The number of pyridine rings is 1. The summed E-state index contributed by atoms with van der Waals surface area (Å²) in [6.07, 6.45) is 11.3. The maximum Gasteiger partial charge on any atom is 0.254 e. The van der Waals surface area contributed by atoms with Gasteiger partial charge in [0, 0.05) is 30.3 Å². The van der Waals surface area contributed by atoms with Gasteiger partial charge in [0.25, 0.3) is 5.91 Å². The van der Waals surface area contributed by atoms with Crippen LogP contribution in [0.5, 0.6) is 0 Å². The molecule has 1 amide bonds. The molecule has 0 spiro atoms. The molecule has 2 aliphatic carbocycles. The van der Waals surface area contributed by atoms with E-state index in [-0.39, 0.29) is 24.0 Å². The summed E-state index contributed by atoms with van der Waals surface area (Å²) in [5, 5.41) is 20.2. The van der Waals surface area contributed by atoms with Crippen LogP contribution >= 0.6 is 0 Å². The standard InChI is InChI=1S/C21H28N4O2/c26-17-10-15(11-17)19(12-16-8-4-5-9-22-16)24-21(27)18-13-23-25-20(18)14-6-2-1-3-7-14/h4-5,8-9,13-15,17,19,26H,1-3,6-7,10-12H2,(H,23,25)(H,24,27)/t15?,17?,19-/m1/s1. The molecule has 2 aliphatic rings. The van der Waals surface area contributed by atoms with Crippen LogP contribution in [0.3, 0.4) is 0 Å². The molecule has 2 saturated carbocycles. The van der Waals surface area contributed by atoms with E-state index < -0.39 is 0 Å². The minimum Gasteiger partial charge on any atom is -0.393 e. The third-order valence-corrected chi connectivity index (χ3v) is 6.12. The van der Waals surface area contributed by atoms with Crippen molar-refractivity contribution in [2.75, 3.05) is 0 Å². The van der Waals surface area contributed by atoms with Gasteiger partial charge in [0.1, 0.15) is 0 Å². The van der Waals surface area contributed by atoms with E-state index in [9.17, 15) is 9.90 Å². The van der Waals surface area contributed by atoms with Gasteiger partial charge in [0.05, 0.1) is 23.6 Å². The van der Waals surface area contributed by atoms with Gasteiger partial charge in [-0.15, -0.1) is 0 Å². The highest BCUT2D eigenvalue weighted by molar-refractivity contribution is 5.95. The number of aliphatic hydroxyl groups is 1. The van der Waals surface area contributed by atoms with Gasteiger partial charge >= 0.3 is 0 Å². The first-order valence-electron chi connectivity index (χ1n) is 10.1. The molecule has 0 aliphatic heterocycles. The second-order valence-electron chi connectivity index (χ2n) is 8.02. The molecule has 0 aromatic carbocycles. The van der Waals surface area contributed by atoms with Gasteiger partial charge in [-0.05, 0) is 43.7 Å². The lowest BCUT2D eigenvalue weighted by molar-refractivity contribution is 0.0237. The van der Waals surface area contributed by atoms with E-state index in [0.29, 0.717) is 17.9 Å². The number of aromatic nitrogens is 3. The van der Waals surface area contributed by atoms with Crippen LogP contribution in [0.15, 0.2) is 30.6 Å². The van der Waals surface area contributed by atoms with Crippen LogP contribution in [0.4, 0.5) is 0 Å². The first-order valence-corrected chi connectivity index (χ1v) is 10.1. The summed E-state index contributed by atoms with van der Waals surface area (Å²) in [5.41, 5.74) is 2.62. The SMILES string of the molecule is O=C(N[C@H](Cc1ccccn1)C1CC(O)C1)c1cn[nH]c1C1CCCCC1. The van der Waals surface area contributed by atoms with Crippen LogP contribution < -0.4 is 5.32 Å². The first kappa shape index (κ1) is 18.2. The molecule has 0 unspecified atom stereocenters. The zero-order chi connectivity index (χ0) is 18.6. The lowest BCUT2D eigenvalue weighted by Crippen LogP contribution is -2.48. The highest BCUT2D eigenvalue weighted by Gasteiger charge is 2.35. The van der Waals surface area contributed by atoms with Crippen molar-refractivity contribution in [1.29, 1.82) is 0 Å². The van der Waals surface area contributed by atoms with Crippen molar-refractivity contribution in [2.45, 2.75) is 69.4 Å². The van der Waals surface area contributed by atoms with Crippen molar-refractivity contribution >= 4 is 5.91 Å². The summed E-state index contributed by atoms with van der Waals surface area (Å²) in [4.78, 5) is 17.4. The molecule has 6 nitrogen and oxygen atoms in total. The van der Waals surface area contributed by atoms with Gasteiger partial charge < -0.3 is 10.4 Å². The zero-order valence-corrected chi connectivity index (χ0v) is 15.6. The Bertz CT molecular complexity index is 749. The first-order chi connectivity index (χ1) is 13.2. The molecular weight excluding hydrogens is 340 g/mol. The number of hydrogen-bond acceptors (Lipinski definition) is 4. The lowest BCUT2D eigenvalue weighted by Gasteiger charge is -2.38. The highest BCUT2D eigenvalue weighted by atomic mass is 16.3. The van der Waals surface area contributed by atoms with E-state index in [1.54, 1.807) is 12.4 Å². The fourth-order valence-electron chi connectivity index (χ4n) is 4.46. The molecule has 3 N–H and O–H groups in total. The normalized spacial score (nSPS) is 24.2. The minimum atomic E-state index is -0.246. The van der Waals surface area contributed by atoms with Crippen LogP contribution in [0.1, 0.15) is 72.6 Å². The van der Waals surface area contributed by atoms with Crippen molar-refractivity contribution < 1.29 is 9.90 Å². The van der Waals surface area contributed by atoms with Gasteiger partial charge in [-0.25, -0.2) is 0 Å². The van der Waals surface area contributed by atoms with Crippen molar-refractivity contribution in [2.24, 2.45) is 5.92 Å². The number of hydrogen-bond donors (Lipinski definition) is 3. The Labute approximate surface area is 159 Å². The van der Waals surface area contributed by atoms with E-state index >= 15 is 0 Å². The molecule has 0 saturated heterocycles. The predicted molar refractivity (Wildman–Crippen MR) is 102 cm³/mol. The number of H-pyrrole nitrogens is 1. The monoisotopic (exact) mass is 368 g/mol. The number of carbonyl (C=O) groups excluding carboxylic acids is 1. The summed E-state index contributed by atoms with van der Waals surface area (Å²) in [7, 11) is 0. The molecule has 2 aromatic heterocycles. The fraction of sp³-hybridized carbons (Fsp3) is 0.571. The Morgan fingerprint density at radius 2 is 2.07 bits per heavy atom. The summed E-state index contributed by atoms with van der Waals surface area (Å²) in [6, 6.07) is 5.82. The van der Waals surface area contributed by atoms with E-state index in [4.69, 9.17) is 0 Å². The molecule has 4 rings (SSSR count). The summed E-state index contributed by atoms with van der Waals surface area (Å²) < 4.78 is 0. The molecule has 0 bridgehead atoms. The van der Waals surface area contributed by atoms with E-state index in [1.165, 1.54) is 19.3 Å². The summed E-state index contributed by atoms with van der Waals surface area (Å²) in [5.74, 6) is 0.629. The maximum atomic E-state index is 13.0. The smallest absolute Gasteiger partial charge is 0.254 e. The van der Waals surface area contributed by atoms with Crippen LogP contribution in [0.25, 0.3) is 0 Å². The predicted octanol–water partition coefficient (Wildman–Crippen LogP) is 2.96. The van der Waals surface area contributed by atoms with Crippen LogP contribution in [0, 0.1) is 5.92 Å². The number of aromatic amines is 1. The number of amides is 1. The van der Waals surface area contributed by atoms with E-state index in [0.717, 1.165) is 37.1 Å². The summed E-state index contributed by atoms with van der Waals surface area (Å²) in [6.45, 7) is 0. The van der Waals surface area contributed by atoms with Crippen molar-refractivity contribution in [1.82, 2.24) is 20.5 Å². The molecule has 6 heteroatoms. The van der Waals surface area contributed by atoms with Crippen LogP contribution in [-0.4, -0.2) is 38.3 Å². The second-order valence-corrected chi connectivity index (χ2v) is 8.02. The lowest BCUT2D eigenvalue weighted by atomic mass is 9.75. The highest BCUT2D eigenvalue weighted by Crippen LogP contribution is 2.34. The van der Waals surface area contributed by atoms with Crippen LogP contribution in [-0.2, 0) is 6.42 Å². The Balaban J connectivity index is 1.48. The number of carbonyl (C=O) groups is 1. The third kappa shape index (κ3) is 4.21. The molecular formula is C21H28N4O2. The van der Waals surface area contributed by atoms with Crippen molar-refractivity contribution in [3.05, 3.63) is 47.5 Å². The number of nitrogens with zero attached hydrogens (tertiary/aromatic N) is 2. The van der Waals surface area contributed by atoms with Crippen molar-refractivity contribution in [3.8, 4) is 0 Å². The van der Waals surface area contributed by atoms with Gasteiger partial charge in [0.2, 0.25) is 0 Å². The second kappa shape index (κ2) is 8.21. The Morgan fingerprint density at radius 1 is 1.26 bits per heavy atom. The molecule has 2 fully saturated rings. The van der Waals surface area contributed by atoms with Gasteiger partial charge in [-0.1, -0.05) is 25.3 Å². The largest absolute Gasteiger partial charge is 0.393 e. The Morgan fingerprint density at radius 3 is 2.78 bits per heavy atom. The van der Waals surface area contributed by atoms with E-state index in [2.05, 4.69) is 20.5 Å². The topological polar surface area (TPSA) is 90.9 Å². The Hall–Kier alpha value is -2.21. The fourth-order valence-corrected chi connectivity index (χ4v) is 4.46. The summed E-state index contributed by atoms with van der Waals surface area (Å²) >= 11 is 0. The average Bonchev–Trinajstić information content (AvgIpc) is 3.16. The number of rotatable bonds is 6. The molecule has 27 heavy (non-hydrogen) atoms. The Kier molecular flexibility index (Phi) is 5.53. The third-order valence-electron chi connectivity index (χ3n) is 6.12. The quantitative estimate of drug-likeness (QED) is 0.731. The minimum absolute atomic E-state index is 0.0232. The number of aliphatic hydroxyl groups excluding tert-OH is 1. The molecule has 0 radical (unpaired) electrons. The van der Waals surface area contributed by atoms with Gasteiger partial charge in [0.15, 0.2) is 0 Å². The number of nitrogens with one attached hydrogen (secondary N) is 2. The average molecular weight is 368 g/mol. The molecule has 1 atom stereocenters. The molecule has 2 heterocycles. The van der Waals surface area contributed by atoms with Gasteiger partial charge in [-0.2, -0.15) is 5.10 Å². The van der Waals surface area contributed by atoms with Crippen molar-refractivity contribution in [3.63, 3.8) is 0 Å². The maximum absolute atomic E-state index is 13.0. The van der Waals surface area contributed by atoms with E-state index in [1.807, 2.05) is 18.2 Å². The van der Waals surface area contributed by atoms with Crippen LogP contribution in [0.2, 0.25) is 0 Å². The molecule has 144 valence electrons.